The van der Waals surface area contributed by atoms with E-state index in [1.165, 1.54) is 16.8 Å². The minimum Gasteiger partial charge on any atom is -0.445 e. The van der Waals surface area contributed by atoms with Crippen LogP contribution in [0.3, 0.4) is 0 Å². The monoisotopic (exact) mass is 533 g/mol. The van der Waals surface area contributed by atoms with Crippen molar-refractivity contribution in [2.75, 3.05) is 18.9 Å². The lowest BCUT2D eigenvalue weighted by Crippen LogP contribution is -2.52. The van der Waals surface area contributed by atoms with Crippen LogP contribution in [0.2, 0.25) is 0 Å². The zero-order valence-electron chi connectivity index (χ0n) is 21.6. The number of nitrogens with one attached hydrogen (secondary N) is 4. The molecule has 3 saturated carbocycles. The molecule has 3 heterocycles. The number of fused-ring (bicyclic) bond motifs is 5. The third-order valence-corrected chi connectivity index (χ3v) is 8.57. The van der Waals surface area contributed by atoms with Crippen LogP contribution in [-0.4, -0.2) is 57.4 Å². The normalized spacial score (nSPS) is 24.9. The molecule has 0 spiro atoms. The molecule has 4 aliphatic rings. The third-order valence-electron chi connectivity index (χ3n) is 8.57. The molecule has 12 nitrogen and oxygen atoms in total. The second-order valence-corrected chi connectivity index (χ2v) is 10.8. The topological polar surface area (TPSA) is 159 Å². The maximum Gasteiger partial charge on any atom is 0.279 e. The molecule has 3 fully saturated rings. The van der Waals surface area contributed by atoms with Gasteiger partial charge in [-0.3, -0.25) is 14.4 Å². The summed E-state index contributed by atoms with van der Waals surface area (Å²) >= 11 is 0. The molecule has 3 aliphatic carbocycles. The number of hydrogen-bond donors (Lipinski definition) is 5. The summed E-state index contributed by atoms with van der Waals surface area (Å²) in [6.07, 6.45) is 5.63. The molecule has 12 heteroatoms. The van der Waals surface area contributed by atoms with E-state index in [0.29, 0.717) is 23.6 Å². The van der Waals surface area contributed by atoms with Gasteiger partial charge in [0.2, 0.25) is 5.91 Å². The van der Waals surface area contributed by atoms with E-state index in [4.69, 9.17) is 4.74 Å². The zero-order chi connectivity index (χ0) is 27.2. The van der Waals surface area contributed by atoms with Gasteiger partial charge in [0.1, 0.15) is 17.1 Å². The van der Waals surface area contributed by atoms with E-state index in [1.807, 2.05) is 0 Å². The van der Waals surface area contributed by atoms with Gasteiger partial charge in [0.25, 0.3) is 18.2 Å². The Kier molecular flexibility index (Phi) is 6.13. The van der Waals surface area contributed by atoms with Crippen molar-refractivity contribution < 1.29 is 24.2 Å². The number of anilines is 1. The lowest BCUT2D eigenvalue weighted by atomic mass is 9.53. The molecule has 7 rings (SSSR count). The summed E-state index contributed by atoms with van der Waals surface area (Å²) in [6.45, 7) is 0.727. The van der Waals surface area contributed by atoms with Gasteiger partial charge in [0, 0.05) is 37.7 Å². The number of rotatable bonds is 7. The first-order valence-electron chi connectivity index (χ1n) is 13.2. The van der Waals surface area contributed by atoms with Crippen LogP contribution in [-0.2, 0) is 11.3 Å². The number of carbonyl (C=O) groups excluding carboxylic acids is 3. The van der Waals surface area contributed by atoms with Gasteiger partial charge >= 0.3 is 0 Å². The number of hydrogen-bond acceptors (Lipinski definition) is 8. The molecule has 1 aliphatic heterocycles. The summed E-state index contributed by atoms with van der Waals surface area (Å²) in [6, 6.07) is 8.39. The number of nitrogens with zero attached hydrogens (tertiary/aromatic N) is 3. The molecule has 1 atom stereocenters. The van der Waals surface area contributed by atoms with Crippen LogP contribution in [0.15, 0.2) is 36.5 Å². The van der Waals surface area contributed by atoms with Crippen LogP contribution >= 0.6 is 0 Å². The average Bonchev–Trinajstić information content (AvgIpc) is 3.59. The van der Waals surface area contributed by atoms with Crippen molar-refractivity contribution in [2.24, 2.45) is 10.8 Å². The van der Waals surface area contributed by atoms with E-state index in [9.17, 15) is 19.5 Å². The fourth-order valence-corrected chi connectivity index (χ4v) is 6.14. The third kappa shape index (κ3) is 4.54. The molecule has 3 aromatic rings. The molecular weight excluding hydrogens is 502 g/mol. The Hall–Kier alpha value is -4.19. The Morgan fingerprint density at radius 3 is 2.59 bits per heavy atom. The molecule has 1 aromatic carbocycles. The standard InChI is InChI=1S/C27H31N7O5/c1-28-24(37)27-8-5-26(6-9-27,7-10-27)15-30-23(36)19-13-18(32-21-4-11-31-34(19)21)22(35)29-14-16-2-3-20-17(12-16)33-25(38)39-20/h2-4,11-13,25,33,38H,5-10,14-15H2,1H3,(H,28,37)(H,29,35)(H,30,36). The lowest BCUT2D eigenvalue weighted by Gasteiger charge is -2.52. The first-order valence-corrected chi connectivity index (χ1v) is 13.2. The second kappa shape index (κ2) is 9.53. The fourth-order valence-electron chi connectivity index (χ4n) is 6.14. The number of aliphatic hydroxyl groups excluding tert-OH is 1. The maximum absolute atomic E-state index is 13.3. The van der Waals surface area contributed by atoms with E-state index in [-0.39, 0.29) is 40.6 Å². The Balaban J connectivity index is 1.13. The SMILES string of the molecule is CNC(=O)C12CCC(CNC(=O)c3cc(C(=O)NCc4ccc5c(c4)NC(O)O5)nc4ccnn34)(CC1)CC2. The highest BCUT2D eigenvalue weighted by molar-refractivity contribution is 5.98. The number of carbonyl (C=O) groups is 3. The molecular formula is C27H31N7O5. The smallest absolute Gasteiger partial charge is 0.279 e. The summed E-state index contributed by atoms with van der Waals surface area (Å²) in [4.78, 5) is 43.2. The van der Waals surface area contributed by atoms with Gasteiger partial charge in [-0.1, -0.05) is 6.07 Å². The van der Waals surface area contributed by atoms with Crippen LogP contribution in [0.25, 0.3) is 5.65 Å². The predicted molar refractivity (Wildman–Crippen MR) is 140 cm³/mol. The summed E-state index contributed by atoms with van der Waals surface area (Å²) in [5.74, 6) is -0.0929. The quantitative estimate of drug-likeness (QED) is 0.306. The first kappa shape index (κ1) is 25.1. The van der Waals surface area contributed by atoms with E-state index in [2.05, 4.69) is 31.3 Å². The van der Waals surface area contributed by atoms with E-state index in [0.717, 1.165) is 44.1 Å². The largest absolute Gasteiger partial charge is 0.445 e. The zero-order valence-corrected chi connectivity index (χ0v) is 21.6. The highest BCUT2D eigenvalue weighted by atomic mass is 16.6. The predicted octanol–water partition coefficient (Wildman–Crippen LogP) is 1.56. The summed E-state index contributed by atoms with van der Waals surface area (Å²) in [5.41, 5.74) is 1.89. The molecule has 5 N–H and O–H groups in total. The van der Waals surface area contributed by atoms with Gasteiger partial charge in [-0.25, -0.2) is 9.50 Å². The van der Waals surface area contributed by atoms with Crippen molar-refractivity contribution in [2.45, 2.75) is 51.5 Å². The lowest BCUT2D eigenvalue weighted by molar-refractivity contribution is -0.139. The van der Waals surface area contributed by atoms with E-state index >= 15 is 0 Å². The molecule has 0 radical (unpaired) electrons. The van der Waals surface area contributed by atoms with E-state index in [1.54, 1.807) is 31.3 Å². The van der Waals surface area contributed by atoms with Crippen LogP contribution in [0.5, 0.6) is 5.75 Å². The van der Waals surface area contributed by atoms with Crippen LogP contribution in [0.1, 0.15) is 65.1 Å². The summed E-state index contributed by atoms with van der Waals surface area (Å²) in [5, 5.41) is 25.3. The highest BCUT2D eigenvalue weighted by Gasteiger charge is 2.52. The van der Waals surface area contributed by atoms with Gasteiger partial charge in [-0.05, 0) is 61.6 Å². The van der Waals surface area contributed by atoms with Gasteiger partial charge in [0.05, 0.1) is 11.9 Å². The molecule has 2 bridgehead atoms. The molecule has 2 aromatic heterocycles. The van der Waals surface area contributed by atoms with Crippen LogP contribution in [0, 0.1) is 10.8 Å². The van der Waals surface area contributed by atoms with Crippen LogP contribution < -0.4 is 26.0 Å². The van der Waals surface area contributed by atoms with Crippen molar-refractivity contribution >= 4 is 29.1 Å². The summed E-state index contributed by atoms with van der Waals surface area (Å²) in [7, 11) is 1.69. The maximum atomic E-state index is 13.3. The Labute approximate surface area is 224 Å². The molecule has 0 saturated heterocycles. The van der Waals surface area contributed by atoms with Crippen LogP contribution in [0.4, 0.5) is 5.69 Å². The number of amides is 3. The minimum absolute atomic E-state index is 0.0201. The Morgan fingerprint density at radius 1 is 1.08 bits per heavy atom. The molecule has 3 amide bonds. The van der Waals surface area contributed by atoms with Gasteiger partial charge in [-0.2, -0.15) is 5.10 Å². The summed E-state index contributed by atoms with van der Waals surface area (Å²) < 4.78 is 6.63. The van der Waals surface area contributed by atoms with Gasteiger partial charge in [-0.15, -0.1) is 0 Å². The average molecular weight is 534 g/mol. The molecule has 39 heavy (non-hydrogen) atoms. The molecule has 204 valence electrons. The highest BCUT2D eigenvalue weighted by Crippen LogP contribution is 2.56. The number of aliphatic hydroxyl groups is 1. The fraction of sp³-hybridized carbons (Fsp3) is 0.444. The second-order valence-electron chi connectivity index (χ2n) is 10.8. The van der Waals surface area contributed by atoms with Crippen molar-refractivity contribution in [3.63, 3.8) is 0 Å². The van der Waals surface area contributed by atoms with Crippen molar-refractivity contribution in [3.05, 3.63) is 53.5 Å². The first-order chi connectivity index (χ1) is 18.8. The molecule has 1 unspecified atom stereocenters. The number of benzene rings is 1. The van der Waals surface area contributed by atoms with Crippen molar-refractivity contribution in [1.29, 1.82) is 0 Å². The van der Waals surface area contributed by atoms with Crippen molar-refractivity contribution in [1.82, 2.24) is 30.5 Å². The minimum atomic E-state index is -1.09. The number of ether oxygens (including phenoxy) is 1. The Bertz CT molecular complexity index is 1440. The number of aromatic nitrogens is 3. The van der Waals surface area contributed by atoms with Gasteiger partial charge < -0.3 is 31.1 Å². The van der Waals surface area contributed by atoms with E-state index < -0.39 is 12.3 Å². The Morgan fingerprint density at radius 2 is 1.85 bits per heavy atom. The van der Waals surface area contributed by atoms with Gasteiger partial charge in [0.15, 0.2) is 5.65 Å². The van der Waals surface area contributed by atoms with Crippen molar-refractivity contribution in [3.8, 4) is 5.75 Å².